The van der Waals surface area contributed by atoms with Gasteiger partial charge in [-0.15, -0.1) is 0 Å². The van der Waals surface area contributed by atoms with Crippen molar-refractivity contribution >= 4 is 16.9 Å². The summed E-state index contributed by atoms with van der Waals surface area (Å²) in [4.78, 5) is 5.13. The normalized spacial score (nSPS) is 14.7. The number of hydrogen-bond acceptors (Lipinski definition) is 2. The third-order valence-corrected chi connectivity index (χ3v) is 2.66. The number of nitrogens with zero attached hydrogens (tertiary/aromatic N) is 1. The van der Waals surface area contributed by atoms with Gasteiger partial charge in [-0.1, -0.05) is 24.3 Å². The number of hydrogen-bond donors (Lipinski definition) is 1. The number of aliphatic imine (C=N–C) groups is 1. The van der Waals surface area contributed by atoms with Crippen LogP contribution in [0.1, 0.15) is 27.2 Å². The van der Waals surface area contributed by atoms with Gasteiger partial charge in [-0.3, -0.25) is 4.99 Å². The lowest BCUT2D eigenvalue weighted by atomic mass is 10.2. The van der Waals surface area contributed by atoms with Crippen LogP contribution in [0.4, 0.5) is 0 Å². The molecule has 3 heteroatoms. The smallest absolute Gasteiger partial charge is 0.158 e. The first-order valence-electron chi connectivity index (χ1n) is 3.68. The maximum atomic E-state index is 5.55. The van der Waals surface area contributed by atoms with Crippen molar-refractivity contribution < 1.29 is 0 Å². The third kappa shape index (κ3) is 4.09. The molecule has 0 aromatic carbocycles. The van der Waals surface area contributed by atoms with Gasteiger partial charge in [0.1, 0.15) is 0 Å². The SMILES string of the molecule is CC/C(C)=C(\C)SC(N)=NC. The van der Waals surface area contributed by atoms with Gasteiger partial charge in [-0.2, -0.15) is 0 Å². The second-order valence-corrected chi connectivity index (χ2v) is 3.59. The molecule has 0 unspecified atom stereocenters. The number of allylic oxidation sites excluding steroid dienone is 2. The van der Waals surface area contributed by atoms with Gasteiger partial charge >= 0.3 is 0 Å². The van der Waals surface area contributed by atoms with E-state index in [0.717, 1.165) is 6.42 Å². The Kier molecular flexibility index (Phi) is 5.03. The summed E-state index contributed by atoms with van der Waals surface area (Å²) >= 11 is 1.54. The minimum atomic E-state index is 0.635. The summed E-state index contributed by atoms with van der Waals surface area (Å²) in [6.07, 6.45) is 1.08. The van der Waals surface area contributed by atoms with Crippen molar-refractivity contribution in [3.63, 3.8) is 0 Å². The number of nitrogens with two attached hydrogens (primary N) is 1. The van der Waals surface area contributed by atoms with Crippen LogP contribution in [0.25, 0.3) is 0 Å². The second kappa shape index (κ2) is 5.24. The first kappa shape index (κ1) is 10.6. The van der Waals surface area contributed by atoms with Crippen LogP contribution in [0.2, 0.25) is 0 Å². The second-order valence-electron chi connectivity index (χ2n) is 2.35. The molecule has 0 saturated heterocycles. The van der Waals surface area contributed by atoms with Crippen LogP contribution < -0.4 is 5.73 Å². The Hall–Kier alpha value is -0.440. The van der Waals surface area contributed by atoms with Crippen molar-refractivity contribution in [1.82, 2.24) is 0 Å². The topological polar surface area (TPSA) is 38.4 Å². The van der Waals surface area contributed by atoms with E-state index in [4.69, 9.17) is 5.73 Å². The molecule has 0 aromatic rings. The zero-order valence-electron chi connectivity index (χ0n) is 7.64. The molecule has 64 valence electrons. The van der Waals surface area contributed by atoms with Gasteiger partial charge in [0.25, 0.3) is 0 Å². The summed E-state index contributed by atoms with van der Waals surface area (Å²) in [5, 5.41) is 0.635. The Bertz CT molecular complexity index is 183. The molecule has 2 nitrogen and oxygen atoms in total. The van der Waals surface area contributed by atoms with E-state index in [1.807, 2.05) is 0 Å². The largest absolute Gasteiger partial charge is 0.378 e. The van der Waals surface area contributed by atoms with Crippen LogP contribution in [0.3, 0.4) is 0 Å². The summed E-state index contributed by atoms with van der Waals surface area (Å²) in [7, 11) is 1.71. The molecule has 0 bridgehead atoms. The molecule has 0 heterocycles. The lowest BCUT2D eigenvalue weighted by Crippen LogP contribution is -2.05. The van der Waals surface area contributed by atoms with Crippen LogP contribution in [-0.4, -0.2) is 12.2 Å². The Morgan fingerprint density at radius 3 is 2.36 bits per heavy atom. The summed E-state index contributed by atoms with van der Waals surface area (Å²) in [5.41, 5.74) is 6.92. The number of rotatable bonds is 2. The monoisotopic (exact) mass is 172 g/mol. The molecule has 11 heavy (non-hydrogen) atoms. The van der Waals surface area contributed by atoms with E-state index in [2.05, 4.69) is 25.8 Å². The first-order chi connectivity index (χ1) is 5.11. The Balaban J connectivity index is 4.16. The molecule has 0 aliphatic rings. The predicted molar refractivity (Wildman–Crippen MR) is 53.8 cm³/mol. The summed E-state index contributed by atoms with van der Waals surface area (Å²) in [5.74, 6) is 0. The zero-order chi connectivity index (χ0) is 8.85. The van der Waals surface area contributed by atoms with E-state index in [1.165, 1.54) is 22.2 Å². The van der Waals surface area contributed by atoms with Gasteiger partial charge < -0.3 is 5.73 Å². The fourth-order valence-corrected chi connectivity index (χ4v) is 1.26. The Morgan fingerprint density at radius 2 is 2.00 bits per heavy atom. The molecule has 0 spiro atoms. The number of thioether (sulfide) groups is 1. The molecular weight excluding hydrogens is 156 g/mol. The maximum absolute atomic E-state index is 5.55. The number of amidine groups is 1. The Morgan fingerprint density at radius 1 is 1.45 bits per heavy atom. The van der Waals surface area contributed by atoms with Crippen molar-refractivity contribution in [2.24, 2.45) is 10.7 Å². The average molecular weight is 172 g/mol. The molecule has 0 aromatic heterocycles. The van der Waals surface area contributed by atoms with E-state index in [0.29, 0.717) is 5.17 Å². The average Bonchev–Trinajstić information content (AvgIpc) is 2.02. The molecule has 0 radical (unpaired) electrons. The van der Waals surface area contributed by atoms with E-state index >= 15 is 0 Å². The molecule has 0 aliphatic carbocycles. The van der Waals surface area contributed by atoms with Gasteiger partial charge in [0, 0.05) is 7.05 Å². The van der Waals surface area contributed by atoms with Gasteiger partial charge in [0.05, 0.1) is 0 Å². The van der Waals surface area contributed by atoms with Crippen LogP contribution >= 0.6 is 11.8 Å². The van der Waals surface area contributed by atoms with Gasteiger partial charge in [-0.25, -0.2) is 0 Å². The maximum Gasteiger partial charge on any atom is 0.158 e. The molecule has 0 saturated carbocycles. The molecule has 2 N–H and O–H groups in total. The van der Waals surface area contributed by atoms with E-state index < -0.39 is 0 Å². The molecule has 0 amide bonds. The first-order valence-corrected chi connectivity index (χ1v) is 4.49. The van der Waals surface area contributed by atoms with E-state index in [-0.39, 0.29) is 0 Å². The van der Waals surface area contributed by atoms with E-state index in [9.17, 15) is 0 Å². The predicted octanol–water partition coefficient (Wildman–Crippen LogP) is 2.37. The van der Waals surface area contributed by atoms with Crippen LogP contribution in [-0.2, 0) is 0 Å². The van der Waals surface area contributed by atoms with Gasteiger partial charge in [-0.05, 0) is 25.2 Å². The zero-order valence-corrected chi connectivity index (χ0v) is 8.46. The molecule has 0 aliphatic heterocycles. The fraction of sp³-hybridized carbons (Fsp3) is 0.625. The van der Waals surface area contributed by atoms with Crippen molar-refractivity contribution in [3.05, 3.63) is 10.5 Å². The summed E-state index contributed by atoms with van der Waals surface area (Å²) in [6, 6.07) is 0. The van der Waals surface area contributed by atoms with Crippen molar-refractivity contribution in [3.8, 4) is 0 Å². The molecular formula is C8H16N2S. The van der Waals surface area contributed by atoms with Crippen LogP contribution in [0.5, 0.6) is 0 Å². The summed E-state index contributed by atoms with van der Waals surface area (Å²) in [6.45, 7) is 6.32. The highest BCUT2D eigenvalue weighted by molar-refractivity contribution is 8.17. The van der Waals surface area contributed by atoms with Crippen molar-refractivity contribution in [1.29, 1.82) is 0 Å². The third-order valence-electron chi connectivity index (χ3n) is 1.61. The highest BCUT2D eigenvalue weighted by atomic mass is 32.2. The molecule has 0 fully saturated rings. The lowest BCUT2D eigenvalue weighted by molar-refractivity contribution is 1.09. The molecule has 0 rings (SSSR count). The van der Waals surface area contributed by atoms with Crippen LogP contribution in [0.15, 0.2) is 15.5 Å². The minimum Gasteiger partial charge on any atom is -0.378 e. The summed E-state index contributed by atoms with van der Waals surface area (Å²) < 4.78 is 0. The van der Waals surface area contributed by atoms with Gasteiger partial charge in [0.2, 0.25) is 0 Å². The van der Waals surface area contributed by atoms with E-state index in [1.54, 1.807) is 7.05 Å². The Labute approximate surface area is 73.0 Å². The lowest BCUT2D eigenvalue weighted by Gasteiger charge is -2.03. The fourth-order valence-electron chi connectivity index (χ4n) is 0.539. The van der Waals surface area contributed by atoms with Crippen molar-refractivity contribution in [2.45, 2.75) is 27.2 Å². The molecule has 0 atom stereocenters. The highest BCUT2D eigenvalue weighted by Crippen LogP contribution is 2.20. The minimum absolute atomic E-state index is 0.635. The quantitative estimate of drug-likeness (QED) is 0.513. The van der Waals surface area contributed by atoms with Gasteiger partial charge in [0.15, 0.2) is 5.17 Å². The standard InChI is InChI=1S/C8H16N2S/c1-5-6(2)7(3)11-8(9)10-4/h5H2,1-4H3,(H2,9,10)/b7-6+. The van der Waals surface area contributed by atoms with Crippen LogP contribution in [0, 0.1) is 0 Å². The highest BCUT2D eigenvalue weighted by Gasteiger charge is 1.97. The van der Waals surface area contributed by atoms with Crippen molar-refractivity contribution in [2.75, 3.05) is 7.05 Å².